The maximum absolute atomic E-state index is 13.9. The van der Waals surface area contributed by atoms with Crippen molar-refractivity contribution in [1.82, 2.24) is 15.5 Å². The van der Waals surface area contributed by atoms with Gasteiger partial charge in [0.05, 0.1) is 13.2 Å². The lowest BCUT2D eigenvalue weighted by Gasteiger charge is -2.37. The van der Waals surface area contributed by atoms with Crippen molar-refractivity contribution in [1.29, 1.82) is 0 Å². The molecule has 1 saturated heterocycles. The summed E-state index contributed by atoms with van der Waals surface area (Å²) in [6.45, 7) is 11.1. The molecule has 8 heteroatoms. The number of benzene rings is 1. The standard InChI is InChI=1S/C21H31F2N3O3/c1-13(2)17(26-8-10-29-11-9-26)12-24-21(28)19(14(3)4)25-20(27)18-15(22)6-5-7-16(18)23/h5-7,13-14,17,19H,8-12H2,1-4H3,(H,24,28)(H,25,27). The van der Waals surface area contributed by atoms with E-state index in [2.05, 4.69) is 29.4 Å². The van der Waals surface area contributed by atoms with Crippen LogP contribution in [-0.4, -0.2) is 61.6 Å². The van der Waals surface area contributed by atoms with Crippen molar-refractivity contribution in [2.75, 3.05) is 32.8 Å². The molecule has 1 aliphatic heterocycles. The van der Waals surface area contributed by atoms with E-state index in [1.165, 1.54) is 6.07 Å². The van der Waals surface area contributed by atoms with Crippen molar-refractivity contribution in [3.63, 3.8) is 0 Å². The van der Waals surface area contributed by atoms with Crippen molar-refractivity contribution in [2.24, 2.45) is 11.8 Å². The van der Waals surface area contributed by atoms with Gasteiger partial charge in [0.1, 0.15) is 23.2 Å². The van der Waals surface area contributed by atoms with Crippen molar-refractivity contribution >= 4 is 11.8 Å². The predicted octanol–water partition coefficient (Wildman–Crippen LogP) is 2.19. The molecule has 0 aromatic heterocycles. The number of nitrogens with zero attached hydrogens (tertiary/aromatic N) is 1. The lowest BCUT2D eigenvalue weighted by atomic mass is 10.00. The van der Waals surface area contributed by atoms with E-state index in [1.54, 1.807) is 13.8 Å². The Morgan fingerprint density at radius 1 is 1.07 bits per heavy atom. The molecule has 6 nitrogen and oxygen atoms in total. The minimum absolute atomic E-state index is 0.135. The summed E-state index contributed by atoms with van der Waals surface area (Å²) in [4.78, 5) is 27.5. The van der Waals surface area contributed by atoms with Crippen LogP contribution in [0.3, 0.4) is 0 Å². The molecule has 2 rings (SSSR count). The normalized spacial score (nSPS) is 17.2. The molecular weight excluding hydrogens is 380 g/mol. The second-order valence-electron chi connectivity index (χ2n) is 8.00. The predicted molar refractivity (Wildman–Crippen MR) is 106 cm³/mol. The molecule has 1 aromatic carbocycles. The van der Waals surface area contributed by atoms with Crippen LogP contribution in [-0.2, 0) is 9.53 Å². The molecule has 0 saturated carbocycles. The van der Waals surface area contributed by atoms with E-state index in [1.807, 2.05) is 0 Å². The highest BCUT2D eigenvalue weighted by atomic mass is 19.1. The van der Waals surface area contributed by atoms with Crippen LogP contribution in [0.15, 0.2) is 18.2 Å². The number of halogens is 2. The van der Waals surface area contributed by atoms with E-state index in [4.69, 9.17) is 4.74 Å². The number of rotatable bonds is 8. The SMILES string of the molecule is CC(C)C(NC(=O)c1c(F)cccc1F)C(=O)NCC(C(C)C)N1CCOCC1. The average Bonchev–Trinajstić information content (AvgIpc) is 2.66. The largest absolute Gasteiger partial charge is 0.379 e. The lowest BCUT2D eigenvalue weighted by molar-refractivity contribution is -0.124. The molecule has 2 amide bonds. The summed E-state index contributed by atoms with van der Waals surface area (Å²) in [5.74, 6) is -3.18. The van der Waals surface area contributed by atoms with Crippen molar-refractivity contribution < 1.29 is 23.1 Å². The quantitative estimate of drug-likeness (QED) is 0.688. The van der Waals surface area contributed by atoms with E-state index in [0.717, 1.165) is 25.2 Å². The van der Waals surface area contributed by atoms with Gasteiger partial charge in [-0.25, -0.2) is 8.78 Å². The van der Waals surface area contributed by atoms with Crippen LogP contribution in [0, 0.1) is 23.5 Å². The molecule has 1 heterocycles. The third kappa shape index (κ3) is 6.21. The highest BCUT2D eigenvalue weighted by Crippen LogP contribution is 2.15. The first-order chi connectivity index (χ1) is 13.7. The Labute approximate surface area is 171 Å². The minimum Gasteiger partial charge on any atom is -0.379 e. The van der Waals surface area contributed by atoms with Crippen LogP contribution in [0.1, 0.15) is 38.1 Å². The van der Waals surface area contributed by atoms with Crippen LogP contribution in [0.2, 0.25) is 0 Å². The zero-order chi connectivity index (χ0) is 21.6. The van der Waals surface area contributed by atoms with Crippen molar-refractivity contribution in [2.45, 2.75) is 39.8 Å². The molecular formula is C21H31F2N3O3. The fourth-order valence-electron chi connectivity index (χ4n) is 3.47. The van der Waals surface area contributed by atoms with Gasteiger partial charge in [0.25, 0.3) is 5.91 Å². The molecule has 0 aliphatic carbocycles. The van der Waals surface area contributed by atoms with Gasteiger partial charge in [-0.15, -0.1) is 0 Å². The molecule has 1 aliphatic rings. The summed E-state index contributed by atoms with van der Waals surface area (Å²) >= 11 is 0. The van der Waals surface area contributed by atoms with Gasteiger partial charge < -0.3 is 15.4 Å². The Balaban J connectivity index is 2.04. The van der Waals surface area contributed by atoms with Crippen molar-refractivity contribution in [3.8, 4) is 0 Å². The summed E-state index contributed by atoms with van der Waals surface area (Å²) in [7, 11) is 0. The van der Waals surface area contributed by atoms with E-state index in [9.17, 15) is 18.4 Å². The van der Waals surface area contributed by atoms with Gasteiger partial charge in [0.2, 0.25) is 5.91 Å². The second-order valence-corrected chi connectivity index (χ2v) is 8.00. The molecule has 29 heavy (non-hydrogen) atoms. The third-order valence-corrected chi connectivity index (χ3v) is 5.20. The lowest BCUT2D eigenvalue weighted by Crippen LogP contribution is -2.55. The molecule has 0 spiro atoms. The molecule has 2 unspecified atom stereocenters. The van der Waals surface area contributed by atoms with Gasteiger partial charge in [-0.1, -0.05) is 33.8 Å². The Kier molecular flexibility index (Phi) is 8.52. The monoisotopic (exact) mass is 411 g/mol. The number of hydrogen-bond donors (Lipinski definition) is 2. The molecule has 162 valence electrons. The van der Waals surface area contributed by atoms with Crippen LogP contribution < -0.4 is 10.6 Å². The van der Waals surface area contributed by atoms with E-state index >= 15 is 0 Å². The fraction of sp³-hybridized carbons (Fsp3) is 0.619. The minimum atomic E-state index is -0.961. The molecule has 0 radical (unpaired) electrons. The van der Waals surface area contributed by atoms with Gasteiger partial charge >= 0.3 is 0 Å². The third-order valence-electron chi connectivity index (χ3n) is 5.20. The second kappa shape index (κ2) is 10.6. The van der Waals surface area contributed by atoms with Crippen LogP contribution in [0.25, 0.3) is 0 Å². The number of hydrogen-bond acceptors (Lipinski definition) is 4. The van der Waals surface area contributed by atoms with E-state index < -0.39 is 29.1 Å². The molecule has 2 N–H and O–H groups in total. The maximum atomic E-state index is 13.9. The molecule has 2 atom stereocenters. The maximum Gasteiger partial charge on any atom is 0.257 e. The molecule has 0 bridgehead atoms. The topological polar surface area (TPSA) is 70.7 Å². The summed E-state index contributed by atoms with van der Waals surface area (Å²) in [6, 6.07) is 2.44. The van der Waals surface area contributed by atoms with Gasteiger partial charge in [-0.2, -0.15) is 0 Å². The number of amides is 2. The first-order valence-electron chi connectivity index (χ1n) is 10.1. The van der Waals surface area contributed by atoms with Crippen LogP contribution >= 0.6 is 0 Å². The zero-order valence-corrected chi connectivity index (χ0v) is 17.5. The Morgan fingerprint density at radius 3 is 2.17 bits per heavy atom. The Bertz CT molecular complexity index is 686. The van der Waals surface area contributed by atoms with E-state index in [0.29, 0.717) is 25.7 Å². The Morgan fingerprint density at radius 2 is 1.66 bits per heavy atom. The van der Waals surface area contributed by atoms with Gasteiger partial charge in [0.15, 0.2) is 0 Å². The smallest absolute Gasteiger partial charge is 0.257 e. The van der Waals surface area contributed by atoms with Crippen LogP contribution in [0.4, 0.5) is 8.78 Å². The first-order valence-corrected chi connectivity index (χ1v) is 10.1. The summed E-state index contributed by atoms with van der Waals surface area (Å²) in [6.07, 6.45) is 0. The van der Waals surface area contributed by atoms with Gasteiger partial charge in [0, 0.05) is 25.7 Å². The number of carbonyl (C=O) groups excluding carboxylic acids is 2. The van der Waals surface area contributed by atoms with Gasteiger partial charge in [-0.3, -0.25) is 14.5 Å². The number of ether oxygens (including phenoxy) is 1. The Hall–Kier alpha value is -2.06. The fourth-order valence-corrected chi connectivity index (χ4v) is 3.47. The average molecular weight is 411 g/mol. The summed E-state index contributed by atoms with van der Waals surface area (Å²) in [5.41, 5.74) is -0.681. The zero-order valence-electron chi connectivity index (χ0n) is 17.5. The summed E-state index contributed by atoms with van der Waals surface area (Å²) < 4.78 is 33.2. The highest BCUT2D eigenvalue weighted by Gasteiger charge is 2.29. The number of morpholine rings is 1. The molecule has 1 aromatic rings. The first kappa shape index (κ1) is 23.2. The summed E-state index contributed by atoms with van der Waals surface area (Å²) in [5, 5.41) is 5.39. The van der Waals surface area contributed by atoms with E-state index in [-0.39, 0.29) is 17.9 Å². The van der Waals surface area contributed by atoms with Crippen molar-refractivity contribution in [3.05, 3.63) is 35.4 Å². The van der Waals surface area contributed by atoms with Gasteiger partial charge in [-0.05, 0) is 24.0 Å². The highest BCUT2D eigenvalue weighted by molar-refractivity contribution is 5.98. The number of nitrogens with one attached hydrogen (secondary N) is 2. The number of carbonyl (C=O) groups is 2. The molecule has 1 fully saturated rings. The van der Waals surface area contributed by atoms with Crippen LogP contribution in [0.5, 0.6) is 0 Å².